The lowest BCUT2D eigenvalue weighted by atomic mass is 9.91. The third-order valence-corrected chi connectivity index (χ3v) is 6.92. The summed E-state index contributed by atoms with van der Waals surface area (Å²) in [4.78, 5) is 23.2. The van der Waals surface area contributed by atoms with Gasteiger partial charge in [0, 0.05) is 31.2 Å². The molecular formula is C29H30F2N6O. The van der Waals surface area contributed by atoms with Gasteiger partial charge in [0.2, 0.25) is 0 Å². The number of benzene rings is 2. The Morgan fingerprint density at radius 3 is 2.53 bits per heavy atom. The molecule has 0 amide bonds. The highest BCUT2D eigenvalue weighted by atomic mass is 19.1. The maximum absolute atomic E-state index is 14.9. The van der Waals surface area contributed by atoms with Crippen LogP contribution >= 0.6 is 0 Å². The van der Waals surface area contributed by atoms with E-state index in [1.165, 1.54) is 12.1 Å². The maximum atomic E-state index is 14.9. The lowest BCUT2D eigenvalue weighted by molar-refractivity contribution is 0.00408. The van der Waals surface area contributed by atoms with Gasteiger partial charge in [0.25, 0.3) is 0 Å². The van der Waals surface area contributed by atoms with Gasteiger partial charge in [-0.05, 0) is 56.5 Å². The van der Waals surface area contributed by atoms with Crippen LogP contribution in [0.2, 0.25) is 0 Å². The van der Waals surface area contributed by atoms with Gasteiger partial charge < -0.3 is 9.30 Å². The molecule has 1 aliphatic heterocycles. The fourth-order valence-corrected chi connectivity index (χ4v) is 4.79. The molecule has 5 aromatic rings. The van der Waals surface area contributed by atoms with E-state index >= 15 is 0 Å². The predicted molar refractivity (Wildman–Crippen MR) is 143 cm³/mol. The van der Waals surface area contributed by atoms with Crippen molar-refractivity contribution >= 4 is 22.2 Å². The van der Waals surface area contributed by atoms with Crippen molar-refractivity contribution in [2.45, 2.75) is 52.6 Å². The number of imidazole rings is 1. The smallest absolute Gasteiger partial charge is 0.182 e. The summed E-state index contributed by atoms with van der Waals surface area (Å²) in [6, 6.07) is 9.62. The van der Waals surface area contributed by atoms with Crippen molar-refractivity contribution in [1.82, 2.24) is 29.5 Å². The van der Waals surface area contributed by atoms with E-state index in [1.54, 1.807) is 6.33 Å². The molecular weight excluding hydrogens is 486 g/mol. The Morgan fingerprint density at radius 2 is 1.74 bits per heavy atom. The van der Waals surface area contributed by atoms with Gasteiger partial charge >= 0.3 is 0 Å². The molecule has 0 aliphatic carbocycles. The molecule has 0 spiro atoms. The Hall–Kier alpha value is -3.85. The van der Waals surface area contributed by atoms with E-state index < -0.39 is 11.6 Å². The van der Waals surface area contributed by atoms with Crippen molar-refractivity contribution in [2.75, 3.05) is 6.61 Å². The molecule has 1 fully saturated rings. The van der Waals surface area contributed by atoms with Crippen molar-refractivity contribution in [3.63, 3.8) is 0 Å². The molecule has 38 heavy (non-hydrogen) atoms. The lowest BCUT2D eigenvalue weighted by Crippen LogP contribution is -2.21. The highest BCUT2D eigenvalue weighted by molar-refractivity contribution is 5.87. The topological polar surface area (TPSA) is 78.6 Å². The average Bonchev–Trinajstić information content (AvgIpc) is 3.30. The van der Waals surface area contributed by atoms with E-state index in [4.69, 9.17) is 14.7 Å². The van der Waals surface area contributed by atoms with Crippen molar-refractivity contribution < 1.29 is 13.5 Å². The summed E-state index contributed by atoms with van der Waals surface area (Å²) in [5.74, 6) is -0.810. The van der Waals surface area contributed by atoms with E-state index in [0.717, 1.165) is 34.8 Å². The summed E-state index contributed by atoms with van der Waals surface area (Å²) in [6.45, 7) is 8.24. The minimum Gasteiger partial charge on any atom is -0.373 e. The second-order valence-electron chi connectivity index (χ2n) is 9.31. The fourth-order valence-electron chi connectivity index (χ4n) is 4.79. The van der Waals surface area contributed by atoms with Crippen molar-refractivity contribution in [1.29, 1.82) is 0 Å². The molecule has 6 rings (SSSR count). The second-order valence-corrected chi connectivity index (χ2v) is 9.31. The zero-order valence-electron chi connectivity index (χ0n) is 22.2. The fraction of sp³-hybridized carbons (Fsp3) is 0.345. The third-order valence-electron chi connectivity index (χ3n) is 6.92. The zero-order valence-corrected chi connectivity index (χ0v) is 22.2. The van der Waals surface area contributed by atoms with Gasteiger partial charge in [-0.1, -0.05) is 19.9 Å². The van der Waals surface area contributed by atoms with Crippen LogP contribution in [0.15, 0.2) is 42.7 Å². The molecule has 2 aromatic carbocycles. The first-order valence-electron chi connectivity index (χ1n) is 12.9. The molecule has 0 N–H and O–H groups in total. The third kappa shape index (κ3) is 4.74. The molecule has 0 radical (unpaired) electrons. The van der Waals surface area contributed by atoms with Crippen LogP contribution in [0.5, 0.6) is 0 Å². The van der Waals surface area contributed by atoms with Crippen molar-refractivity contribution in [3.05, 3.63) is 77.1 Å². The van der Waals surface area contributed by atoms with Crippen LogP contribution < -0.4 is 0 Å². The lowest BCUT2D eigenvalue weighted by Gasteiger charge is -2.29. The van der Waals surface area contributed by atoms with E-state index in [0.29, 0.717) is 41.4 Å². The Kier molecular flexibility index (Phi) is 7.12. The minimum atomic E-state index is -0.699. The van der Waals surface area contributed by atoms with Gasteiger partial charge in [0.1, 0.15) is 28.7 Å². The Labute approximate surface area is 220 Å². The summed E-state index contributed by atoms with van der Waals surface area (Å²) in [7, 11) is 1.97. The zero-order chi connectivity index (χ0) is 27.0. The van der Waals surface area contributed by atoms with Crippen LogP contribution in [0.4, 0.5) is 8.78 Å². The van der Waals surface area contributed by atoms with Gasteiger partial charge in [-0.3, -0.25) is 0 Å². The highest BCUT2D eigenvalue weighted by Crippen LogP contribution is 2.38. The molecule has 2 unspecified atom stereocenters. The molecule has 2 atom stereocenters. The second kappa shape index (κ2) is 10.5. The quantitative estimate of drug-likeness (QED) is 0.271. The number of rotatable bonds is 3. The average molecular weight is 517 g/mol. The molecule has 196 valence electrons. The van der Waals surface area contributed by atoms with Crippen molar-refractivity contribution in [3.8, 4) is 11.3 Å². The number of ether oxygens (including phenoxy) is 1. The monoisotopic (exact) mass is 516 g/mol. The molecule has 0 saturated carbocycles. The summed E-state index contributed by atoms with van der Waals surface area (Å²) in [6.07, 6.45) is 3.04. The molecule has 1 saturated heterocycles. The van der Waals surface area contributed by atoms with Crippen LogP contribution in [0.1, 0.15) is 61.5 Å². The maximum Gasteiger partial charge on any atom is 0.182 e. The first kappa shape index (κ1) is 25.8. The molecule has 1 aliphatic rings. The minimum absolute atomic E-state index is 0.0268. The van der Waals surface area contributed by atoms with E-state index in [2.05, 4.69) is 21.0 Å². The summed E-state index contributed by atoms with van der Waals surface area (Å²) in [5, 5.41) is 0. The number of nitrogens with zero attached hydrogens (tertiary/aromatic N) is 6. The number of hydrogen-bond acceptors (Lipinski definition) is 6. The molecule has 3 aromatic heterocycles. The van der Waals surface area contributed by atoms with Crippen LogP contribution in [0.3, 0.4) is 0 Å². The Balaban J connectivity index is 0.00000144. The van der Waals surface area contributed by atoms with Crippen LogP contribution in [0, 0.1) is 25.5 Å². The molecule has 4 heterocycles. The van der Waals surface area contributed by atoms with Gasteiger partial charge in [0.05, 0.1) is 34.9 Å². The highest BCUT2D eigenvalue weighted by Gasteiger charge is 2.29. The number of aryl methyl sites for hydroxylation is 3. The number of fused-ring (bicyclic) bond motifs is 2. The van der Waals surface area contributed by atoms with E-state index in [-0.39, 0.29) is 17.6 Å². The molecule has 7 nitrogen and oxygen atoms in total. The van der Waals surface area contributed by atoms with Crippen LogP contribution in [0.25, 0.3) is 33.5 Å². The normalized spacial score (nSPS) is 17.4. The molecule has 9 heteroatoms. The predicted octanol–water partition coefficient (Wildman–Crippen LogP) is 6.53. The first-order valence-corrected chi connectivity index (χ1v) is 12.9. The summed E-state index contributed by atoms with van der Waals surface area (Å²) >= 11 is 0. The SMILES string of the molecule is CC.Cc1nc2nc(C3CCOC(c4ccc5ncn(C)c5c4)C3)nc(-c3ccc(F)cc3F)c2nc1C. The van der Waals surface area contributed by atoms with Crippen LogP contribution in [-0.4, -0.2) is 36.1 Å². The Bertz CT molecular complexity index is 1630. The van der Waals surface area contributed by atoms with Gasteiger partial charge in [0.15, 0.2) is 5.65 Å². The van der Waals surface area contributed by atoms with E-state index in [9.17, 15) is 8.78 Å². The molecule has 0 bridgehead atoms. The van der Waals surface area contributed by atoms with Crippen molar-refractivity contribution in [2.24, 2.45) is 7.05 Å². The van der Waals surface area contributed by atoms with Gasteiger partial charge in [-0.25, -0.2) is 33.7 Å². The number of aromatic nitrogens is 6. The summed E-state index contributed by atoms with van der Waals surface area (Å²) in [5.41, 5.74) is 5.78. The number of halogens is 2. The standard InChI is InChI=1S/C27H24F2N6O.C2H6/c1-14-15(2)32-27-25(31-14)24(19-6-5-18(28)12-20(19)29)33-26(34-27)17-8-9-36-23(11-17)16-4-7-21-22(10-16)35(3)13-30-21;1-2/h4-7,10,12-13,17,23H,8-9,11H2,1-3H3;1-2H3. The number of hydrogen-bond donors (Lipinski definition) is 0. The van der Waals surface area contributed by atoms with Crippen LogP contribution in [-0.2, 0) is 11.8 Å². The Morgan fingerprint density at radius 1 is 0.947 bits per heavy atom. The van der Waals surface area contributed by atoms with Gasteiger partial charge in [-0.2, -0.15) is 0 Å². The first-order chi connectivity index (χ1) is 18.4. The van der Waals surface area contributed by atoms with Gasteiger partial charge in [-0.15, -0.1) is 0 Å². The van der Waals surface area contributed by atoms with E-state index in [1.807, 2.05) is 51.4 Å². The largest absolute Gasteiger partial charge is 0.373 e. The summed E-state index contributed by atoms with van der Waals surface area (Å²) < 4.78 is 36.6.